The van der Waals surface area contributed by atoms with E-state index in [1.54, 1.807) is 37.3 Å². The summed E-state index contributed by atoms with van der Waals surface area (Å²) >= 11 is 0. The largest absolute Gasteiger partial charge is 0.394 e. The van der Waals surface area contributed by atoms with Gasteiger partial charge in [-0.25, -0.2) is 0 Å². The molecule has 1 rings (SSSR count). The van der Waals surface area contributed by atoms with Crippen LogP contribution in [-0.2, 0) is 10.3 Å². The number of alkyl halides is 3. The molecule has 106 valence electrons. The van der Waals surface area contributed by atoms with E-state index in [1.807, 2.05) is 0 Å². The van der Waals surface area contributed by atoms with E-state index < -0.39 is 37.1 Å². The van der Waals surface area contributed by atoms with Crippen LogP contribution >= 0.6 is 0 Å². The molecule has 0 fully saturated rings. The molecule has 0 saturated heterocycles. The minimum atomic E-state index is -4.36. The lowest BCUT2D eigenvalue weighted by Gasteiger charge is -2.29. The number of nitrogens with one attached hydrogen (secondary N) is 1. The van der Waals surface area contributed by atoms with Gasteiger partial charge in [0.1, 0.15) is 0 Å². The summed E-state index contributed by atoms with van der Waals surface area (Å²) in [4.78, 5) is 11.5. The molecule has 0 aliphatic rings. The van der Waals surface area contributed by atoms with Crippen molar-refractivity contribution in [2.45, 2.75) is 31.5 Å². The Labute approximate surface area is 109 Å². The number of benzene rings is 1. The molecule has 0 spiro atoms. The van der Waals surface area contributed by atoms with E-state index in [0.29, 0.717) is 5.56 Å². The fourth-order valence-electron chi connectivity index (χ4n) is 1.63. The molecular weight excluding hydrogens is 259 g/mol. The molecule has 3 nitrogen and oxygen atoms in total. The molecule has 1 amide bonds. The van der Waals surface area contributed by atoms with Gasteiger partial charge in [0, 0.05) is 6.42 Å². The van der Waals surface area contributed by atoms with Crippen LogP contribution in [0.2, 0.25) is 0 Å². The monoisotopic (exact) mass is 275 g/mol. The van der Waals surface area contributed by atoms with E-state index in [4.69, 9.17) is 0 Å². The van der Waals surface area contributed by atoms with Crippen LogP contribution in [0.4, 0.5) is 13.2 Å². The quantitative estimate of drug-likeness (QED) is 0.866. The maximum absolute atomic E-state index is 12.0. The number of amides is 1. The Morgan fingerprint density at radius 2 is 1.84 bits per heavy atom. The summed E-state index contributed by atoms with van der Waals surface area (Å²) in [6.07, 6.45) is -6.18. The zero-order chi connectivity index (χ0) is 14.5. The Kier molecular flexibility index (Phi) is 4.94. The SMILES string of the molecule is CC(CO)(NC(=O)CCC(F)(F)F)c1ccccc1. The Balaban J connectivity index is 2.69. The van der Waals surface area contributed by atoms with E-state index in [0.717, 1.165) is 0 Å². The van der Waals surface area contributed by atoms with E-state index in [1.165, 1.54) is 0 Å². The van der Waals surface area contributed by atoms with E-state index >= 15 is 0 Å². The molecule has 1 unspecified atom stereocenters. The van der Waals surface area contributed by atoms with Crippen LogP contribution in [0, 0.1) is 0 Å². The number of hydrogen-bond donors (Lipinski definition) is 2. The molecule has 2 N–H and O–H groups in total. The van der Waals surface area contributed by atoms with Crippen molar-refractivity contribution in [2.75, 3.05) is 6.61 Å². The molecule has 0 aromatic heterocycles. The van der Waals surface area contributed by atoms with Crippen LogP contribution in [-0.4, -0.2) is 23.8 Å². The first-order valence-corrected chi connectivity index (χ1v) is 5.81. The lowest BCUT2D eigenvalue weighted by atomic mass is 9.92. The number of carbonyl (C=O) groups is 1. The summed E-state index contributed by atoms with van der Waals surface area (Å²) < 4.78 is 36.1. The molecule has 0 aliphatic heterocycles. The number of aliphatic hydroxyl groups excluding tert-OH is 1. The summed E-state index contributed by atoms with van der Waals surface area (Å²) in [6, 6.07) is 8.61. The van der Waals surface area contributed by atoms with Gasteiger partial charge >= 0.3 is 6.18 Å². The third-order valence-corrected chi connectivity index (χ3v) is 2.78. The molecule has 1 aromatic rings. The summed E-state index contributed by atoms with van der Waals surface area (Å²) in [5.74, 6) is -0.738. The van der Waals surface area contributed by atoms with Gasteiger partial charge in [0.15, 0.2) is 0 Å². The third-order valence-electron chi connectivity index (χ3n) is 2.78. The summed E-state index contributed by atoms with van der Waals surface area (Å²) in [5.41, 5.74) is -0.443. The van der Waals surface area contributed by atoms with E-state index in [9.17, 15) is 23.1 Å². The van der Waals surface area contributed by atoms with Gasteiger partial charge in [-0.1, -0.05) is 30.3 Å². The molecule has 19 heavy (non-hydrogen) atoms. The first-order chi connectivity index (χ1) is 8.77. The number of aliphatic hydroxyl groups is 1. The van der Waals surface area contributed by atoms with Gasteiger partial charge in [0.2, 0.25) is 5.91 Å². The predicted molar refractivity (Wildman–Crippen MR) is 64.3 cm³/mol. The van der Waals surface area contributed by atoms with Gasteiger partial charge in [-0.3, -0.25) is 4.79 Å². The fraction of sp³-hybridized carbons (Fsp3) is 0.462. The van der Waals surface area contributed by atoms with Crippen LogP contribution < -0.4 is 5.32 Å². The highest BCUT2D eigenvalue weighted by molar-refractivity contribution is 5.77. The first kappa shape index (κ1) is 15.5. The van der Waals surface area contributed by atoms with Crippen molar-refractivity contribution in [3.8, 4) is 0 Å². The third kappa shape index (κ3) is 4.90. The minimum absolute atomic E-state index is 0.394. The fourth-order valence-corrected chi connectivity index (χ4v) is 1.63. The molecule has 6 heteroatoms. The van der Waals surface area contributed by atoms with Crippen LogP contribution in [0.15, 0.2) is 30.3 Å². The molecule has 1 atom stereocenters. The number of hydrogen-bond acceptors (Lipinski definition) is 2. The summed E-state index contributed by atoms with van der Waals surface area (Å²) in [7, 11) is 0. The Hall–Kier alpha value is -1.56. The Bertz CT molecular complexity index is 420. The van der Waals surface area contributed by atoms with Crippen LogP contribution in [0.25, 0.3) is 0 Å². The smallest absolute Gasteiger partial charge is 0.389 e. The van der Waals surface area contributed by atoms with Gasteiger partial charge in [-0.05, 0) is 12.5 Å². The van der Waals surface area contributed by atoms with Gasteiger partial charge in [-0.15, -0.1) is 0 Å². The van der Waals surface area contributed by atoms with Crippen molar-refractivity contribution in [3.05, 3.63) is 35.9 Å². The molecule has 0 aliphatic carbocycles. The zero-order valence-corrected chi connectivity index (χ0v) is 10.5. The second-order valence-electron chi connectivity index (χ2n) is 4.52. The van der Waals surface area contributed by atoms with E-state index in [-0.39, 0.29) is 0 Å². The number of rotatable bonds is 5. The highest BCUT2D eigenvalue weighted by atomic mass is 19.4. The summed E-state index contributed by atoms with van der Waals surface area (Å²) in [5, 5.41) is 11.8. The molecular formula is C13H16F3NO2. The normalized spacial score (nSPS) is 14.8. The van der Waals surface area contributed by atoms with Crippen LogP contribution in [0.5, 0.6) is 0 Å². The van der Waals surface area contributed by atoms with E-state index in [2.05, 4.69) is 5.32 Å². The average molecular weight is 275 g/mol. The lowest BCUT2D eigenvalue weighted by molar-refractivity contribution is -0.145. The Morgan fingerprint density at radius 3 is 2.32 bits per heavy atom. The topological polar surface area (TPSA) is 49.3 Å². The standard InChI is InChI=1S/C13H16F3NO2/c1-12(9-18,10-5-3-2-4-6-10)17-11(19)7-8-13(14,15)16/h2-6,18H,7-9H2,1H3,(H,17,19). The van der Waals surface area contributed by atoms with Crippen molar-refractivity contribution in [1.29, 1.82) is 0 Å². The Morgan fingerprint density at radius 1 is 1.26 bits per heavy atom. The van der Waals surface area contributed by atoms with Gasteiger partial charge in [-0.2, -0.15) is 13.2 Å². The molecule has 0 heterocycles. The number of halogens is 3. The van der Waals surface area contributed by atoms with Crippen molar-refractivity contribution < 1.29 is 23.1 Å². The second-order valence-corrected chi connectivity index (χ2v) is 4.52. The predicted octanol–water partition coefficient (Wildman–Crippen LogP) is 2.35. The molecule has 0 bridgehead atoms. The van der Waals surface area contributed by atoms with Crippen LogP contribution in [0.1, 0.15) is 25.3 Å². The van der Waals surface area contributed by atoms with Crippen molar-refractivity contribution >= 4 is 5.91 Å². The minimum Gasteiger partial charge on any atom is -0.394 e. The first-order valence-electron chi connectivity index (χ1n) is 5.81. The maximum atomic E-state index is 12.0. The van der Waals surface area contributed by atoms with Gasteiger partial charge in [0.05, 0.1) is 18.6 Å². The number of carbonyl (C=O) groups excluding carboxylic acids is 1. The molecule has 0 saturated carbocycles. The highest BCUT2D eigenvalue weighted by Crippen LogP contribution is 2.23. The lowest BCUT2D eigenvalue weighted by Crippen LogP contribution is -2.46. The molecule has 1 aromatic carbocycles. The van der Waals surface area contributed by atoms with Crippen molar-refractivity contribution in [1.82, 2.24) is 5.32 Å². The second kappa shape index (κ2) is 6.06. The van der Waals surface area contributed by atoms with Crippen molar-refractivity contribution in [3.63, 3.8) is 0 Å². The molecule has 0 radical (unpaired) electrons. The average Bonchev–Trinajstić information content (AvgIpc) is 2.36. The maximum Gasteiger partial charge on any atom is 0.389 e. The highest BCUT2D eigenvalue weighted by Gasteiger charge is 2.31. The van der Waals surface area contributed by atoms with Gasteiger partial charge < -0.3 is 10.4 Å². The zero-order valence-electron chi connectivity index (χ0n) is 10.5. The van der Waals surface area contributed by atoms with Gasteiger partial charge in [0.25, 0.3) is 0 Å². The summed E-state index contributed by atoms with van der Waals surface area (Å²) in [6.45, 7) is 1.17. The van der Waals surface area contributed by atoms with Crippen molar-refractivity contribution in [2.24, 2.45) is 0 Å². The van der Waals surface area contributed by atoms with Crippen LogP contribution in [0.3, 0.4) is 0 Å².